The van der Waals surface area contributed by atoms with Crippen molar-refractivity contribution in [2.24, 2.45) is 11.3 Å². The Balaban J connectivity index is 4.01. The lowest BCUT2D eigenvalue weighted by atomic mass is 9.97. The summed E-state index contributed by atoms with van der Waals surface area (Å²) in [5, 5.41) is 8.68. The van der Waals surface area contributed by atoms with Gasteiger partial charge in [-0.25, -0.2) is 0 Å². The second-order valence-corrected chi connectivity index (χ2v) is 4.00. The van der Waals surface area contributed by atoms with E-state index in [9.17, 15) is 0 Å². The monoisotopic (exact) mass is 154 g/mol. The van der Waals surface area contributed by atoms with Crippen LogP contribution in [0.1, 0.15) is 27.7 Å². The summed E-state index contributed by atoms with van der Waals surface area (Å²) < 4.78 is 0. The molecule has 0 bridgehead atoms. The van der Waals surface area contributed by atoms with E-state index in [0.29, 0.717) is 0 Å². The molecule has 1 N–H and O–H groups in total. The fourth-order valence-electron chi connectivity index (χ4n) is 0.515. The van der Waals surface area contributed by atoms with Crippen molar-refractivity contribution in [1.82, 2.24) is 0 Å². The van der Waals surface area contributed by atoms with Crippen LogP contribution in [-0.4, -0.2) is 11.7 Å². The molecule has 0 aromatic rings. The maximum Gasteiger partial charge on any atom is 0.0497 e. The van der Waals surface area contributed by atoms with Gasteiger partial charge >= 0.3 is 0 Å². The molecule has 0 rings (SSSR count). The smallest absolute Gasteiger partial charge is 0.0497 e. The Kier molecular flexibility index (Phi) is 4.17. The van der Waals surface area contributed by atoms with Crippen LogP contribution in [0.25, 0.3) is 0 Å². The van der Waals surface area contributed by atoms with Crippen LogP contribution < -0.4 is 0 Å². The fourth-order valence-corrected chi connectivity index (χ4v) is 0.515. The molecule has 64 valence electrons. The van der Waals surface area contributed by atoms with E-state index in [1.165, 1.54) is 0 Å². The van der Waals surface area contributed by atoms with Crippen molar-refractivity contribution >= 4 is 0 Å². The average molecular weight is 154 g/mol. The molecule has 0 amide bonds. The lowest BCUT2D eigenvalue weighted by molar-refractivity contribution is 0.262. The van der Waals surface area contributed by atoms with Crippen LogP contribution >= 0.6 is 0 Å². The Morgan fingerprint density at radius 1 is 1.45 bits per heavy atom. The van der Waals surface area contributed by atoms with E-state index in [4.69, 9.17) is 5.11 Å². The molecule has 0 aliphatic carbocycles. The maximum atomic E-state index is 8.68. The van der Waals surface area contributed by atoms with E-state index >= 15 is 0 Å². The van der Waals surface area contributed by atoms with Crippen molar-refractivity contribution in [2.45, 2.75) is 27.7 Å². The SMILES string of the molecule is CC(C=C=CC(C)(C)C)CO. The topological polar surface area (TPSA) is 20.2 Å². The second-order valence-electron chi connectivity index (χ2n) is 4.00. The van der Waals surface area contributed by atoms with Crippen LogP contribution in [0, 0.1) is 11.3 Å². The minimum absolute atomic E-state index is 0.186. The normalized spacial score (nSPS) is 13.5. The van der Waals surface area contributed by atoms with Crippen LogP contribution in [0.2, 0.25) is 0 Å². The van der Waals surface area contributed by atoms with Crippen LogP contribution in [0.5, 0.6) is 0 Å². The first kappa shape index (κ1) is 10.5. The Labute approximate surface area is 69.4 Å². The van der Waals surface area contributed by atoms with E-state index < -0.39 is 0 Å². The molecular formula is C10H18O. The first-order valence-corrected chi connectivity index (χ1v) is 4.00. The summed E-state index contributed by atoms with van der Waals surface area (Å²) >= 11 is 0. The van der Waals surface area contributed by atoms with Crippen molar-refractivity contribution in [3.05, 3.63) is 17.9 Å². The summed E-state index contributed by atoms with van der Waals surface area (Å²) in [5.41, 5.74) is 3.25. The highest BCUT2D eigenvalue weighted by atomic mass is 16.3. The molecule has 0 aromatic heterocycles. The Hall–Kier alpha value is -0.520. The van der Waals surface area contributed by atoms with Crippen molar-refractivity contribution < 1.29 is 5.11 Å². The Morgan fingerprint density at radius 3 is 2.36 bits per heavy atom. The molecule has 1 nitrogen and oxygen atoms in total. The van der Waals surface area contributed by atoms with Gasteiger partial charge in [-0.2, -0.15) is 0 Å². The third-order valence-corrected chi connectivity index (χ3v) is 1.19. The highest BCUT2D eigenvalue weighted by Gasteiger charge is 2.02. The van der Waals surface area contributed by atoms with Gasteiger partial charge in [-0.1, -0.05) is 27.7 Å². The molecule has 1 unspecified atom stereocenters. The first-order valence-electron chi connectivity index (χ1n) is 4.00. The zero-order valence-electron chi connectivity index (χ0n) is 7.89. The van der Waals surface area contributed by atoms with Crippen LogP contribution in [0.15, 0.2) is 17.9 Å². The third-order valence-electron chi connectivity index (χ3n) is 1.19. The second kappa shape index (κ2) is 4.38. The molecule has 1 heteroatoms. The van der Waals surface area contributed by atoms with Crippen molar-refractivity contribution in [3.63, 3.8) is 0 Å². The zero-order chi connectivity index (χ0) is 8.91. The average Bonchev–Trinajstić information content (AvgIpc) is 1.85. The van der Waals surface area contributed by atoms with E-state index in [0.717, 1.165) is 0 Å². The quantitative estimate of drug-likeness (QED) is 0.605. The Bertz CT molecular complexity index is 156. The molecule has 0 aliphatic rings. The number of hydrogen-bond donors (Lipinski definition) is 1. The van der Waals surface area contributed by atoms with E-state index in [1.54, 1.807) is 0 Å². The van der Waals surface area contributed by atoms with E-state index in [2.05, 4.69) is 26.5 Å². The van der Waals surface area contributed by atoms with Gasteiger partial charge in [-0.3, -0.25) is 0 Å². The summed E-state index contributed by atoms with van der Waals surface area (Å²) in [6.07, 6.45) is 3.91. The van der Waals surface area contributed by atoms with Gasteiger partial charge in [-0.05, 0) is 17.6 Å². The molecule has 0 heterocycles. The number of aliphatic hydroxyl groups is 1. The molecule has 11 heavy (non-hydrogen) atoms. The number of aliphatic hydroxyl groups excluding tert-OH is 1. The van der Waals surface area contributed by atoms with Crippen molar-refractivity contribution in [2.75, 3.05) is 6.61 Å². The summed E-state index contributed by atoms with van der Waals surface area (Å²) in [7, 11) is 0. The summed E-state index contributed by atoms with van der Waals surface area (Å²) in [4.78, 5) is 0. The number of hydrogen-bond acceptors (Lipinski definition) is 1. The van der Waals surface area contributed by atoms with E-state index in [1.807, 2.05) is 19.1 Å². The summed E-state index contributed by atoms with van der Waals surface area (Å²) in [6.45, 7) is 8.53. The Morgan fingerprint density at radius 2 is 2.00 bits per heavy atom. The molecule has 0 aromatic carbocycles. The minimum Gasteiger partial charge on any atom is -0.396 e. The highest BCUT2D eigenvalue weighted by Crippen LogP contribution is 2.13. The predicted molar refractivity (Wildman–Crippen MR) is 48.4 cm³/mol. The lowest BCUT2D eigenvalue weighted by Gasteiger charge is -2.08. The van der Waals surface area contributed by atoms with Crippen LogP contribution in [0.4, 0.5) is 0 Å². The summed E-state index contributed by atoms with van der Waals surface area (Å²) in [5.74, 6) is 0.216. The van der Waals surface area contributed by atoms with Gasteiger partial charge in [0.05, 0.1) is 0 Å². The molecule has 0 saturated heterocycles. The summed E-state index contributed by atoms with van der Waals surface area (Å²) in [6, 6.07) is 0. The third kappa shape index (κ3) is 7.38. The van der Waals surface area contributed by atoms with E-state index in [-0.39, 0.29) is 17.9 Å². The molecular weight excluding hydrogens is 136 g/mol. The van der Waals surface area contributed by atoms with Gasteiger partial charge in [0, 0.05) is 12.5 Å². The first-order chi connectivity index (χ1) is 4.95. The maximum absolute atomic E-state index is 8.68. The number of rotatable bonds is 2. The van der Waals surface area contributed by atoms with Gasteiger partial charge < -0.3 is 5.11 Å². The molecule has 0 spiro atoms. The van der Waals surface area contributed by atoms with Crippen LogP contribution in [0.3, 0.4) is 0 Å². The van der Waals surface area contributed by atoms with Gasteiger partial charge in [0.15, 0.2) is 0 Å². The zero-order valence-corrected chi connectivity index (χ0v) is 7.89. The predicted octanol–water partition coefficient (Wildman–Crippen LogP) is 2.37. The molecule has 0 radical (unpaired) electrons. The minimum atomic E-state index is 0.186. The van der Waals surface area contributed by atoms with Gasteiger partial charge in [0.25, 0.3) is 0 Å². The molecule has 0 aliphatic heterocycles. The standard InChI is InChI=1S/C10H18O/c1-9(8-11)6-5-7-10(2,3)4/h6-7,9,11H,8H2,1-4H3. The fraction of sp³-hybridized carbons (Fsp3) is 0.700. The molecule has 0 saturated carbocycles. The highest BCUT2D eigenvalue weighted by molar-refractivity contribution is 4.94. The molecule has 1 atom stereocenters. The molecule has 0 fully saturated rings. The van der Waals surface area contributed by atoms with Gasteiger partial charge in [0.1, 0.15) is 0 Å². The van der Waals surface area contributed by atoms with Crippen molar-refractivity contribution in [3.8, 4) is 0 Å². The van der Waals surface area contributed by atoms with Gasteiger partial charge in [0.2, 0.25) is 0 Å². The largest absolute Gasteiger partial charge is 0.396 e. The van der Waals surface area contributed by atoms with Crippen LogP contribution in [-0.2, 0) is 0 Å². The lowest BCUT2D eigenvalue weighted by Crippen LogP contribution is -1.98. The van der Waals surface area contributed by atoms with Crippen molar-refractivity contribution in [1.29, 1.82) is 0 Å². The van der Waals surface area contributed by atoms with Gasteiger partial charge in [-0.15, -0.1) is 5.73 Å².